The van der Waals surface area contributed by atoms with Crippen molar-refractivity contribution in [1.29, 1.82) is 0 Å². The first kappa shape index (κ1) is 18.2. The highest BCUT2D eigenvalue weighted by atomic mass is 35.5. The summed E-state index contributed by atoms with van der Waals surface area (Å²) in [5, 5.41) is 8.34. The first-order chi connectivity index (χ1) is 10.5. The average molecular weight is 350 g/mol. The molecule has 0 fully saturated rings. The number of rotatable bonds is 7. The van der Waals surface area contributed by atoms with Crippen LogP contribution in [0.4, 0.5) is 9.59 Å². The highest BCUT2D eigenvalue weighted by Gasteiger charge is 2.04. The summed E-state index contributed by atoms with van der Waals surface area (Å²) in [5.74, 6) is 0.412. The van der Waals surface area contributed by atoms with E-state index in [0.717, 1.165) is 0 Å². The smallest absolute Gasteiger partial charge is 0.407 e. The van der Waals surface area contributed by atoms with E-state index in [0.29, 0.717) is 22.4 Å². The Bertz CT molecular complexity index is 514. The Morgan fingerprint density at radius 1 is 1.14 bits per heavy atom. The molecule has 0 aliphatic rings. The maximum absolute atomic E-state index is 11.4. The van der Waals surface area contributed by atoms with Gasteiger partial charge in [-0.2, -0.15) is 0 Å². The average Bonchev–Trinajstić information content (AvgIpc) is 2.46. The molecule has 122 valence electrons. The van der Waals surface area contributed by atoms with E-state index in [1.54, 1.807) is 25.1 Å². The SMILES string of the molecule is CCOC(=O)NCCNC(=O)NCOc1ccc(Cl)cc1Cl. The van der Waals surface area contributed by atoms with Crippen molar-refractivity contribution in [1.82, 2.24) is 16.0 Å². The van der Waals surface area contributed by atoms with Crippen molar-refractivity contribution < 1.29 is 19.1 Å². The van der Waals surface area contributed by atoms with E-state index in [-0.39, 0.29) is 19.8 Å². The Morgan fingerprint density at radius 3 is 2.55 bits per heavy atom. The van der Waals surface area contributed by atoms with Crippen LogP contribution in [0.15, 0.2) is 18.2 Å². The van der Waals surface area contributed by atoms with E-state index in [2.05, 4.69) is 20.7 Å². The molecule has 9 heteroatoms. The third-order valence-electron chi connectivity index (χ3n) is 2.31. The van der Waals surface area contributed by atoms with Gasteiger partial charge >= 0.3 is 12.1 Å². The number of urea groups is 1. The summed E-state index contributed by atoms with van der Waals surface area (Å²) in [7, 11) is 0. The minimum atomic E-state index is -0.523. The van der Waals surface area contributed by atoms with Gasteiger partial charge in [-0.15, -0.1) is 0 Å². The third kappa shape index (κ3) is 7.24. The summed E-state index contributed by atoms with van der Waals surface area (Å²) >= 11 is 11.7. The molecule has 0 radical (unpaired) electrons. The fourth-order valence-electron chi connectivity index (χ4n) is 1.36. The molecular weight excluding hydrogens is 333 g/mol. The van der Waals surface area contributed by atoms with E-state index in [1.165, 1.54) is 0 Å². The molecule has 1 aromatic rings. The summed E-state index contributed by atoms with van der Waals surface area (Å²) in [6.07, 6.45) is -0.523. The second-order valence-corrected chi connectivity index (χ2v) is 4.79. The first-order valence-corrected chi connectivity index (χ1v) is 7.28. The fraction of sp³-hybridized carbons (Fsp3) is 0.385. The van der Waals surface area contributed by atoms with Gasteiger partial charge in [0.05, 0.1) is 11.6 Å². The van der Waals surface area contributed by atoms with Crippen molar-refractivity contribution in [2.24, 2.45) is 0 Å². The van der Waals surface area contributed by atoms with Gasteiger partial charge in [0.2, 0.25) is 0 Å². The van der Waals surface area contributed by atoms with E-state index in [1.807, 2.05) is 0 Å². The molecule has 0 aliphatic carbocycles. The number of hydrogen-bond donors (Lipinski definition) is 3. The number of benzene rings is 1. The summed E-state index contributed by atoms with van der Waals surface area (Å²) in [6.45, 7) is 2.46. The van der Waals surface area contributed by atoms with Gasteiger partial charge in [-0.25, -0.2) is 9.59 Å². The van der Waals surface area contributed by atoms with Crippen molar-refractivity contribution in [3.63, 3.8) is 0 Å². The van der Waals surface area contributed by atoms with Gasteiger partial charge in [-0.1, -0.05) is 23.2 Å². The van der Waals surface area contributed by atoms with Gasteiger partial charge in [0.1, 0.15) is 5.75 Å². The highest BCUT2D eigenvalue weighted by Crippen LogP contribution is 2.27. The molecule has 22 heavy (non-hydrogen) atoms. The molecule has 7 nitrogen and oxygen atoms in total. The lowest BCUT2D eigenvalue weighted by molar-refractivity contribution is 0.152. The van der Waals surface area contributed by atoms with Crippen molar-refractivity contribution in [2.45, 2.75) is 6.92 Å². The van der Waals surface area contributed by atoms with Crippen LogP contribution in [0.1, 0.15) is 6.92 Å². The van der Waals surface area contributed by atoms with Crippen LogP contribution in [-0.4, -0.2) is 38.6 Å². The van der Waals surface area contributed by atoms with Gasteiger partial charge in [-0.05, 0) is 25.1 Å². The number of ether oxygens (including phenoxy) is 2. The van der Waals surface area contributed by atoms with Crippen LogP contribution in [0.3, 0.4) is 0 Å². The molecule has 1 aromatic carbocycles. The number of carbonyl (C=O) groups excluding carboxylic acids is 2. The van der Waals surface area contributed by atoms with Gasteiger partial charge < -0.3 is 25.4 Å². The molecule has 0 unspecified atom stereocenters. The Hall–Kier alpha value is -1.86. The van der Waals surface area contributed by atoms with Gasteiger partial charge in [-0.3, -0.25) is 0 Å². The summed E-state index contributed by atoms with van der Waals surface area (Å²) < 4.78 is 9.95. The van der Waals surface area contributed by atoms with E-state index < -0.39 is 12.1 Å². The molecule has 0 bridgehead atoms. The number of nitrogens with one attached hydrogen (secondary N) is 3. The predicted octanol–water partition coefficient (Wildman–Crippen LogP) is 2.38. The van der Waals surface area contributed by atoms with Crippen LogP contribution < -0.4 is 20.7 Å². The Labute approximate surface area is 138 Å². The van der Waals surface area contributed by atoms with Crippen LogP contribution in [-0.2, 0) is 4.74 Å². The molecule has 0 heterocycles. The number of halogens is 2. The van der Waals surface area contributed by atoms with E-state index >= 15 is 0 Å². The Balaban J connectivity index is 2.14. The second-order valence-electron chi connectivity index (χ2n) is 3.94. The number of amides is 3. The van der Waals surface area contributed by atoms with E-state index in [9.17, 15) is 9.59 Å². The standard InChI is InChI=1S/C13H17Cl2N3O4/c1-2-21-13(20)17-6-5-16-12(19)18-8-22-11-4-3-9(14)7-10(11)15/h3-4,7H,2,5-6,8H2,1H3,(H,17,20)(H2,16,18,19). The molecule has 3 N–H and O–H groups in total. The van der Waals surface area contributed by atoms with Crippen LogP contribution in [0.2, 0.25) is 10.0 Å². The highest BCUT2D eigenvalue weighted by molar-refractivity contribution is 6.35. The van der Waals surface area contributed by atoms with E-state index in [4.69, 9.17) is 27.9 Å². The molecule has 1 rings (SSSR count). The number of alkyl carbamates (subject to hydrolysis) is 1. The normalized spacial score (nSPS) is 9.77. The summed E-state index contributed by atoms with van der Waals surface area (Å²) in [5.41, 5.74) is 0. The third-order valence-corrected chi connectivity index (χ3v) is 2.84. The lowest BCUT2D eigenvalue weighted by Gasteiger charge is -2.11. The van der Waals surface area contributed by atoms with Crippen LogP contribution in [0.5, 0.6) is 5.75 Å². The minimum absolute atomic E-state index is 0.0571. The van der Waals surface area contributed by atoms with Crippen LogP contribution >= 0.6 is 23.2 Å². The van der Waals surface area contributed by atoms with Crippen molar-refractivity contribution >= 4 is 35.3 Å². The second kappa shape index (κ2) is 9.97. The Kier molecular flexibility index (Phi) is 8.24. The van der Waals surface area contributed by atoms with Gasteiger partial charge in [0.25, 0.3) is 0 Å². The van der Waals surface area contributed by atoms with Crippen molar-refractivity contribution in [3.8, 4) is 5.75 Å². The molecule has 0 aliphatic heterocycles. The number of hydrogen-bond acceptors (Lipinski definition) is 4. The van der Waals surface area contributed by atoms with Gasteiger partial charge in [0, 0.05) is 18.1 Å². The molecule has 0 atom stereocenters. The Morgan fingerprint density at radius 2 is 1.86 bits per heavy atom. The first-order valence-electron chi connectivity index (χ1n) is 6.53. The molecule has 3 amide bonds. The zero-order chi connectivity index (χ0) is 16.4. The zero-order valence-electron chi connectivity index (χ0n) is 11.9. The maximum Gasteiger partial charge on any atom is 0.407 e. The number of carbonyl (C=O) groups is 2. The molecule has 0 spiro atoms. The fourth-order valence-corrected chi connectivity index (χ4v) is 1.82. The van der Waals surface area contributed by atoms with Gasteiger partial charge in [0.15, 0.2) is 6.73 Å². The predicted molar refractivity (Wildman–Crippen MR) is 83.5 cm³/mol. The van der Waals surface area contributed by atoms with Crippen LogP contribution in [0.25, 0.3) is 0 Å². The lowest BCUT2D eigenvalue weighted by Crippen LogP contribution is -2.41. The van der Waals surface area contributed by atoms with Crippen molar-refractivity contribution in [3.05, 3.63) is 28.2 Å². The molecule has 0 saturated heterocycles. The monoisotopic (exact) mass is 349 g/mol. The minimum Gasteiger partial charge on any atom is -0.472 e. The van der Waals surface area contributed by atoms with Crippen molar-refractivity contribution in [2.75, 3.05) is 26.4 Å². The lowest BCUT2D eigenvalue weighted by atomic mass is 10.3. The molecule has 0 saturated carbocycles. The summed E-state index contributed by atoms with van der Waals surface area (Å²) in [6, 6.07) is 4.34. The zero-order valence-corrected chi connectivity index (χ0v) is 13.5. The molecular formula is C13H17Cl2N3O4. The topological polar surface area (TPSA) is 88.7 Å². The maximum atomic E-state index is 11.4. The molecule has 0 aromatic heterocycles. The van der Waals surface area contributed by atoms with Crippen LogP contribution in [0, 0.1) is 0 Å². The quantitative estimate of drug-likeness (QED) is 0.520. The largest absolute Gasteiger partial charge is 0.472 e. The summed E-state index contributed by atoms with van der Waals surface area (Å²) in [4.78, 5) is 22.4.